The minimum atomic E-state index is -0.694. The maximum atomic E-state index is 13.4. The first-order chi connectivity index (χ1) is 32.0. The molecule has 0 unspecified atom stereocenters. The van der Waals surface area contributed by atoms with Crippen molar-refractivity contribution in [2.75, 3.05) is 38.9 Å². The van der Waals surface area contributed by atoms with Crippen molar-refractivity contribution in [2.24, 2.45) is 11.8 Å². The molecule has 0 radical (unpaired) electrons. The van der Waals surface area contributed by atoms with Gasteiger partial charge in [-0.2, -0.15) is 0 Å². The van der Waals surface area contributed by atoms with Gasteiger partial charge in [-0.1, -0.05) is 36.8 Å². The molecular weight excluding hydrogens is 881 g/mol. The molecule has 1 aliphatic rings. The van der Waals surface area contributed by atoms with E-state index >= 15 is 0 Å². The van der Waals surface area contributed by atoms with Crippen LogP contribution in [0.3, 0.4) is 0 Å². The Bertz CT molecular complexity index is 2360. The molecule has 1 fully saturated rings. The minimum absolute atomic E-state index is 0.0361. The van der Waals surface area contributed by atoms with Gasteiger partial charge in [-0.25, -0.2) is 19.2 Å². The first-order valence-corrected chi connectivity index (χ1v) is 22.9. The molecule has 4 aromatic carbocycles. The van der Waals surface area contributed by atoms with Crippen LogP contribution in [0.1, 0.15) is 81.5 Å². The maximum Gasteiger partial charge on any atom is 0.341 e. The zero-order valence-corrected chi connectivity index (χ0v) is 38.2. The number of rotatable bonds is 18. The molecule has 14 heteroatoms. The monoisotopic (exact) mass is 928 g/mol. The van der Waals surface area contributed by atoms with Crippen LogP contribution in [-0.2, 0) is 38.1 Å². The maximum absolute atomic E-state index is 13.4. The highest BCUT2D eigenvalue weighted by Crippen LogP contribution is 2.33. The lowest BCUT2D eigenvalue weighted by Crippen LogP contribution is -2.31. The average Bonchev–Trinajstić information content (AvgIpc) is 3.35. The standard InChI is InChI=1S/C52H48O12S2/c1-5-47(53)61-29-7-31-65-41-23-13-35(14-24-41)9-11-37-17-27-45(43(33-37)51(57)59-3)63-49(55)39-19-21-40(22-20-39)50(56)64-46-28-18-38(34-44(46)52(58)60-4)12-10-36-15-25-42(26-16-36)66-32-8-30-62-48(54)6-2/h5-6,13-18,23-28,33-34,39-40H,1-2,7-8,19-22,29-32H2,3-4H3. The van der Waals surface area contributed by atoms with Crippen molar-refractivity contribution in [2.45, 2.75) is 48.3 Å². The third-order valence-corrected chi connectivity index (χ3v) is 12.1. The average molecular weight is 929 g/mol. The summed E-state index contributed by atoms with van der Waals surface area (Å²) in [4.78, 5) is 76.7. The fourth-order valence-electron chi connectivity index (χ4n) is 6.40. The highest BCUT2D eigenvalue weighted by atomic mass is 32.2. The zero-order chi connectivity index (χ0) is 47.3. The summed E-state index contributed by atoms with van der Waals surface area (Å²) < 4.78 is 31.4. The Morgan fingerprint density at radius 1 is 0.545 bits per heavy atom. The summed E-state index contributed by atoms with van der Waals surface area (Å²) in [5.74, 6) is 9.46. The molecule has 0 N–H and O–H groups in total. The van der Waals surface area contributed by atoms with E-state index in [1.54, 1.807) is 35.7 Å². The molecule has 0 heterocycles. The molecule has 0 amide bonds. The summed E-state index contributed by atoms with van der Waals surface area (Å²) in [5, 5.41) is 0. The summed E-state index contributed by atoms with van der Waals surface area (Å²) in [6.07, 6.45) is 5.03. The quantitative estimate of drug-likeness (QED) is 0.0177. The number of carbonyl (C=O) groups excluding carboxylic acids is 6. The van der Waals surface area contributed by atoms with Crippen molar-refractivity contribution < 1.29 is 57.2 Å². The molecule has 1 aliphatic carbocycles. The van der Waals surface area contributed by atoms with E-state index in [4.69, 9.17) is 28.4 Å². The van der Waals surface area contributed by atoms with Crippen LogP contribution in [0.5, 0.6) is 11.5 Å². The van der Waals surface area contributed by atoms with Crippen LogP contribution in [0.2, 0.25) is 0 Å². The van der Waals surface area contributed by atoms with Crippen LogP contribution >= 0.6 is 23.5 Å². The van der Waals surface area contributed by atoms with E-state index in [9.17, 15) is 28.8 Å². The topological polar surface area (TPSA) is 158 Å². The van der Waals surface area contributed by atoms with E-state index in [0.29, 0.717) is 62.9 Å². The predicted octanol–water partition coefficient (Wildman–Crippen LogP) is 8.80. The molecule has 0 spiro atoms. The molecule has 0 bridgehead atoms. The second kappa shape index (κ2) is 26.1. The Kier molecular flexibility index (Phi) is 19.8. The second-order valence-electron chi connectivity index (χ2n) is 14.5. The van der Waals surface area contributed by atoms with Gasteiger partial charge in [0.25, 0.3) is 0 Å². The van der Waals surface area contributed by atoms with Crippen molar-refractivity contribution in [1.29, 1.82) is 0 Å². The van der Waals surface area contributed by atoms with E-state index in [2.05, 4.69) is 36.8 Å². The summed E-state index contributed by atoms with van der Waals surface area (Å²) in [6.45, 7) is 7.41. The fourth-order valence-corrected chi connectivity index (χ4v) is 8.05. The van der Waals surface area contributed by atoms with Gasteiger partial charge in [0.05, 0.1) is 39.3 Å². The Labute approximate surface area is 392 Å². The van der Waals surface area contributed by atoms with Gasteiger partial charge in [0.15, 0.2) is 0 Å². The lowest BCUT2D eigenvalue weighted by molar-refractivity contribution is -0.145. The lowest BCUT2D eigenvalue weighted by Gasteiger charge is -2.26. The SMILES string of the molecule is C=CC(=O)OCCCSc1ccc(C#Cc2ccc(OC(=O)C3CCC(C(=O)Oc4ccc(C#Cc5ccc(SCCCOC(=O)C=C)cc5)cc4C(=O)OC)CC3)c(C(=O)OC)c2)cc1. The van der Waals surface area contributed by atoms with E-state index in [1.165, 1.54) is 38.5 Å². The number of methoxy groups -OCH3 is 2. The Morgan fingerprint density at radius 3 is 1.24 bits per heavy atom. The van der Waals surface area contributed by atoms with Gasteiger partial charge in [0.1, 0.15) is 22.6 Å². The minimum Gasteiger partial charge on any atom is -0.465 e. The van der Waals surface area contributed by atoms with Crippen molar-refractivity contribution in [3.63, 3.8) is 0 Å². The van der Waals surface area contributed by atoms with Crippen molar-refractivity contribution in [3.8, 4) is 35.2 Å². The van der Waals surface area contributed by atoms with Gasteiger partial charge < -0.3 is 28.4 Å². The van der Waals surface area contributed by atoms with Gasteiger partial charge in [0.2, 0.25) is 0 Å². The Balaban J connectivity index is 1.12. The van der Waals surface area contributed by atoms with Crippen LogP contribution in [0.25, 0.3) is 0 Å². The summed E-state index contributed by atoms with van der Waals surface area (Å²) in [7, 11) is 2.47. The molecule has 5 rings (SSSR count). The lowest BCUT2D eigenvalue weighted by atomic mass is 9.82. The third kappa shape index (κ3) is 15.6. The van der Waals surface area contributed by atoms with E-state index in [1.807, 2.05) is 48.5 Å². The number of esters is 6. The van der Waals surface area contributed by atoms with E-state index < -0.39 is 47.7 Å². The van der Waals surface area contributed by atoms with Crippen molar-refractivity contribution >= 4 is 59.3 Å². The van der Waals surface area contributed by atoms with Gasteiger partial charge in [-0.05, 0) is 123 Å². The number of benzene rings is 4. The van der Waals surface area contributed by atoms with Crippen LogP contribution in [0.4, 0.5) is 0 Å². The molecule has 66 heavy (non-hydrogen) atoms. The van der Waals surface area contributed by atoms with E-state index in [-0.39, 0.29) is 22.6 Å². The highest BCUT2D eigenvalue weighted by Gasteiger charge is 2.33. The smallest absolute Gasteiger partial charge is 0.341 e. The molecule has 4 aromatic rings. The summed E-state index contributed by atoms with van der Waals surface area (Å²) >= 11 is 3.26. The van der Waals surface area contributed by atoms with E-state index in [0.717, 1.165) is 44.6 Å². The third-order valence-electron chi connectivity index (χ3n) is 9.93. The molecule has 0 aliphatic heterocycles. The fraction of sp³-hybridized carbons (Fsp3) is 0.269. The number of carbonyl (C=O) groups is 6. The molecule has 0 aromatic heterocycles. The highest BCUT2D eigenvalue weighted by molar-refractivity contribution is 7.99. The van der Waals surface area contributed by atoms with Gasteiger partial charge in [-0.3, -0.25) is 9.59 Å². The van der Waals surface area contributed by atoms with Gasteiger partial charge in [-0.15, -0.1) is 23.5 Å². The number of ether oxygens (including phenoxy) is 6. The van der Waals surface area contributed by atoms with Crippen LogP contribution < -0.4 is 9.47 Å². The molecule has 0 saturated heterocycles. The van der Waals surface area contributed by atoms with Crippen molar-refractivity contribution in [3.05, 3.63) is 144 Å². The Hall–Kier alpha value is -7.00. The van der Waals surface area contributed by atoms with Gasteiger partial charge in [0, 0.05) is 55.7 Å². The number of hydrogen-bond donors (Lipinski definition) is 0. The molecule has 12 nitrogen and oxygen atoms in total. The van der Waals surface area contributed by atoms with Crippen LogP contribution in [0.15, 0.2) is 120 Å². The largest absolute Gasteiger partial charge is 0.465 e. The first-order valence-electron chi connectivity index (χ1n) is 21.0. The summed E-state index contributed by atoms with van der Waals surface area (Å²) in [6, 6.07) is 24.7. The predicted molar refractivity (Wildman–Crippen MR) is 250 cm³/mol. The van der Waals surface area contributed by atoms with Crippen LogP contribution in [-0.4, -0.2) is 74.8 Å². The Morgan fingerprint density at radius 2 is 0.894 bits per heavy atom. The normalized spacial score (nSPS) is 13.8. The van der Waals surface area contributed by atoms with Crippen molar-refractivity contribution in [1.82, 2.24) is 0 Å². The molecule has 340 valence electrons. The number of hydrogen-bond acceptors (Lipinski definition) is 14. The number of thioether (sulfide) groups is 2. The first kappa shape index (κ1) is 50.0. The molecular formula is C52H48O12S2. The van der Waals surface area contributed by atoms with Crippen LogP contribution in [0, 0.1) is 35.5 Å². The second-order valence-corrected chi connectivity index (χ2v) is 16.8. The van der Waals surface area contributed by atoms with Gasteiger partial charge >= 0.3 is 35.8 Å². The molecule has 0 atom stereocenters. The zero-order valence-electron chi connectivity index (χ0n) is 36.6. The molecule has 1 saturated carbocycles. The summed E-state index contributed by atoms with van der Waals surface area (Å²) in [5.41, 5.74) is 2.62.